The van der Waals surface area contributed by atoms with Gasteiger partial charge in [0.25, 0.3) is 5.56 Å². The Morgan fingerprint density at radius 3 is 3.05 bits per heavy atom. The van der Waals surface area contributed by atoms with E-state index in [0.29, 0.717) is 12.2 Å². The highest BCUT2D eigenvalue weighted by Gasteiger charge is 2.09. The Morgan fingerprint density at radius 1 is 1.43 bits per heavy atom. The van der Waals surface area contributed by atoms with Gasteiger partial charge in [-0.25, -0.2) is 9.97 Å². The van der Waals surface area contributed by atoms with E-state index in [2.05, 4.69) is 22.2 Å². The first-order valence-corrected chi connectivity index (χ1v) is 7.58. The molecular formula is C15H16N4OS. The first-order valence-electron chi connectivity index (χ1n) is 6.76. The molecule has 1 unspecified atom stereocenters. The zero-order valence-corrected chi connectivity index (χ0v) is 12.7. The molecule has 0 amide bonds. The molecule has 0 saturated heterocycles. The second-order valence-corrected chi connectivity index (χ2v) is 6.19. The van der Waals surface area contributed by atoms with E-state index >= 15 is 0 Å². The molecule has 3 rings (SSSR count). The average Bonchev–Trinajstić information content (AvgIpc) is 2.91. The minimum absolute atomic E-state index is 0.0600. The van der Waals surface area contributed by atoms with Gasteiger partial charge in [-0.15, -0.1) is 11.3 Å². The molecule has 6 heteroatoms. The van der Waals surface area contributed by atoms with E-state index in [1.165, 1.54) is 9.28 Å². The third-order valence-corrected chi connectivity index (χ3v) is 4.32. The number of hydrogen-bond acceptors (Lipinski definition) is 5. The second kappa shape index (κ2) is 5.75. The SMILES string of the molecule is Cc1cnc(C(C)NCc2cc(=O)n3ccccc3n2)s1. The topological polar surface area (TPSA) is 59.3 Å². The minimum atomic E-state index is -0.0600. The van der Waals surface area contributed by atoms with Crippen molar-refractivity contribution in [1.82, 2.24) is 19.7 Å². The van der Waals surface area contributed by atoms with Gasteiger partial charge in [0.2, 0.25) is 0 Å². The Balaban J connectivity index is 1.77. The van der Waals surface area contributed by atoms with Crippen molar-refractivity contribution in [2.45, 2.75) is 26.4 Å². The number of nitrogens with one attached hydrogen (secondary N) is 1. The van der Waals surface area contributed by atoms with Crippen LogP contribution in [0, 0.1) is 6.92 Å². The normalized spacial score (nSPS) is 12.7. The molecule has 3 aromatic heterocycles. The van der Waals surface area contributed by atoms with Gasteiger partial charge in [-0.05, 0) is 26.0 Å². The van der Waals surface area contributed by atoms with Crippen LogP contribution in [0.2, 0.25) is 0 Å². The van der Waals surface area contributed by atoms with Gasteiger partial charge in [0, 0.05) is 29.9 Å². The molecule has 21 heavy (non-hydrogen) atoms. The molecule has 108 valence electrons. The lowest BCUT2D eigenvalue weighted by Gasteiger charge is -2.11. The fourth-order valence-electron chi connectivity index (χ4n) is 2.11. The number of rotatable bonds is 4. The van der Waals surface area contributed by atoms with Gasteiger partial charge in [0.1, 0.15) is 10.7 Å². The highest BCUT2D eigenvalue weighted by Crippen LogP contribution is 2.19. The van der Waals surface area contributed by atoms with Crippen LogP contribution in [0.1, 0.15) is 28.5 Å². The summed E-state index contributed by atoms with van der Waals surface area (Å²) in [4.78, 5) is 22.1. The molecule has 3 heterocycles. The minimum Gasteiger partial charge on any atom is -0.302 e. The van der Waals surface area contributed by atoms with Crippen LogP contribution < -0.4 is 10.9 Å². The van der Waals surface area contributed by atoms with Crippen LogP contribution in [0.4, 0.5) is 0 Å². The molecule has 0 aliphatic rings. The largest absolute Gasteiger partial charge is 0.302 e. The van der Waals surface area contributed by atoms with Crippen molar-refractivity contribution < 1.29 is 0 Å². The summed E-state index contributed by atoms with van der Waals surface area (Å²) in [5, 5.41) is 4.40. The Kier molecular flexibility index (Phi) is 3.81. The summed E-state index contributed by atoms with van der Waals surface area (Å²) in [5.41, 5.74) is 1.35. The molecule has 0 saturated carbocycles. The van der Waals surface area contributed by atoms with Crippen LogP contribution in [0.3, 0.4) is 0 Å². The van der Waals surface area contributed by atoms with Crippen LogP contribution in [-0.2, 0) is 6.54 Å². The van der Waals surface area contributed by atoms with Crippen molar-refractivity contribution in [1.29, 1.82) is 0 Å². The van der Waals surface area contributed by atoms with Crippen molar-refractivity contribution in [2.75, 3.05) is 0 Å². The molecule has 0 spiro atoms. The first kappa shape index (κ1) is 13.9. The fraction of sp³-hybridized carbons (Fsp3) is 0.267. The predicted octanol–water partition coefficient (Wildman–Crippen LogP) is 2.31. The fourth-order valence-corrected chi connectivity index (χ4v) is 2.91. The predicted molar refractivity (Wildman–Crippen MR) is 83.6 cm³/mol. The zero-order valence-electron chi connectivity index (χ0n) is 11.9. The molecule has 0 aliphatic heterocycles. The maximum absolute atomic E-state index is 12.0. The number of nitrogens with zero attached hydrogens (tertiary/aromatic N) is 3. The molecule has 5 nitrogen and oxygen atoms in total. The van der Waals surface area contributed by atoms with E-state index in [-0.39, 0.29) is 11.6 Å². The summed E-state index contributed by atoms with van der Waals surface area (Å²) < 4.78 is 1.54. The summed E-state index contributed by atoms with van der Waals surface area (Å²) in [6, 6.07) is 7.24. The summed E-state index contributed by atoms with van der Waals surface area (Å²) in [5.74, 6) is 0. The van der Waals surface area contributed by atoms with Gasteiger partial charge >= 0.3 is 0 Å². The third-order valence-electron chi connectivity index (χ3n) is 3.22. The van der Waals surface area contributed by atoms with Crippen LogP contribution in [0.25, 0.3) is 5.65 Å². The maximum Gasteiger partial charge on any atom is 0.258 e. The average molecular weight is 300 g/mol. The van der Waals surface area contributed by atoms with Crippen molar-refractivity contribution in [3.8, 4) is 0 Å². The lowest BCUT2D eigenvalue weighted by Crippen LogP contribution is -2.22. The Bertz CT molecular complexity index is 824. The Labute approximate surface area is 126 Å². The number of aryl methyl sites for hydroxylation is 1. The van der Waals surface area contributed by atoms with Gasteiger partial charge < -0.3 is 5.32 Å². The van der Waals surface area contributed by atoms with Crippen molar-refractivity contribution >= 4 is 17.0 Å². The molecule has 1 N–H and O–H groups in total. The molecule has 0 aromatic carbocycles. The summed E-state index contributed by atoms with van der Waals surface area (Å²) >= 11 is 1.68. The smallest absolute Gasteiger partial charge is 0.258 e. The van der Waals surface area contributed by atoms with E-state index in [0.717, 1.165) is 10.7 Å². The molecule has 3 aromatic rings. The van der Waals surface area contributed by atoms with E-state index in [1.54, 1.807) is 23.6 Å². The quantitative estimate of drug-likeness (QED) is 0.803. The lowest BCUT2D eigenvalue weighted by atomic mass is 10.3. The van der Waals surface area contributed by atoms with Crippen LogP contribution in [0.15, 0.2) is 41.5 Å². The highest BCUT2D eigenvalue weighted by atomic mass is 32.1. The van der Waals surface area contributed by atoms with Crippen LogP contribution in [-0.4, -0.2) is 14.4 Å². The monoisotopic (exact) mass is 300 g/mol. The first-order chi connectivity index (χ1) is 10.1. The van der Waals surface area contributed by atoms with Crippen molar-refractivity contribution in [2.24, 2.45) is 0 Å². The summed E-state index contributed by atoms with van der Waals surface area (Å²) in [6.45, 7) is 4.65. The summed E-state index contributed by atoms with van der Waals surface area (Å²) in [7, 11) is 0. The number of pyridine rings is 1. The molecule has 0 aliphatic carbocycles. The van der Waals surface area contributed by atoms with Gasteiger partial charge in [-0.3, -0.25) is 9.20 Å². The zero-order chi connectivity index (χ0) is 14.8. The lowest BCUT2D eigenvalue weighted by molar-refractivity contribution is 0.564. The number of thiazole rings is 1. The molecular weight excluding hydrogens is 284 g/mol. The molecule has 1 atom stereocenters. The second-order valence-electron chi connectivity index (χ2n) is 4.93. The molecule has 0 bridgehead atoms. The standard InChI is InChI=1S/C15H16N4OS/c1-10-8-17-15(21-10)11(2)16-9-12-7-14(20)19-6-4-3-5-13(19)18-12/h3-8,11,16H,9H2,1-2H3. The van der Waals surface area contributed by atoms with E-state index in [4.69, 9.17) is 0 Å². The highest BCUT2D eigenvalue weighted by molar-refractivity contribution is 7.11. The van der Waals surface area contributed by atoms with Gasteiger partial charge in [0.05, 0.1) is 11.7 Å². The van der Waals surface area contributed by atoms with Crippen LogP contribution >= 0.6 is 11.3 Å². The maximum atomic E-state index is 12.0. The van der Waals surface area contributed by atoms with Gasteiger partial charge in [0.15, 0.2) is 0 Å². The Hall–Kier alpha value is -2.05. The van der Waals surface area contributed by atoms with Gasteiger partial charge in [-0.1, -0.05) is 6.07 Å². The Morgan fingerprint density at radius 2 is 2.29 bits per heavy atom. The van der Waals surface area contributed by atoms with E-state index in [9.17, 15) is 4.79 Å². The van der Waals surface area contributed by atoms with Crippen molar-refractivity contribution in [3.63, 3.8) is 0 Å². The van der Waals surface area contributed by atoms with E-state index < -0.39 is 0 Å². The van der Waals surface area contributed by atoms with E-state index in [1.807, 2.05) is 31.3 Å². The van der Waals surface area contributed by atoms with Crippen molar-refractivity contribution in [3.05, 3.63) is 62.6 Å². The molecule has 0 radical (unpaired) electrons. The summed E-state index contributed by atoms with van der Waals surface area (Å²) in [6.07, 6.45) is 3.60. The number of fused-ring (bicyclic) bond motifs is 1. The third kappa shape index (κ3) is 3.01. The molecule has 0 fully saturated rings. The van der Waals surface area contributed by atoms with Gasteiger partial charge in [-0.2, -0.15) is 0 Å². The van der Waals surface area contributed by atoms with Crippen LogP contribution in [0.5, 0.6) is 0 Å². The number of aromatic nitrogens is 3. The number of hydrogen-bond donors (Lipinski definition) is 1.